The molecule has 1 aliphatic carbocycles. The van der Waals surface area contributed by atoms with Crippen molar-refractivity contribution in [3.63, 3.8) is 0 Å². The summed E-state index contributed by atoms with van der Waals surface area (Å²) in [7, 11) is 0. The molecule has 132 valence electrons. The van der Waals surface area contributed by atoms with Crippen LogP contribution < -0.4 is 0 Å². The largest absolute Gasteiger partial charge is 0.385 e. The molecule has 3 atom stereocenters. The molecule has 3 fully saturated rings. The minimum Gasteiger partial charge on any atom is -0.385 e. The lowest BCUT2D eigenvalue weighted by Gasteiger charge is -2.41. The first-order valence-corrected chi connectivity index (χ1v) is 9.56. The van der Waals surface area contributed by atoms with Crippen LogP contribution in [0.15, 0.2) is 30.3 Å². The number of rotatable bonds is 4. The maximum Gasteiger partial charge on any atom is 0.0939 e. The van der Waals surface area contributed by atoms with Gasteiger partial charge in [-0.3, -0.25) is 4.90 Å². The van der Waals surface area contributed by atoms with Crippen LogP contribution >= 0.6 is 0 Å². The Morgan fingerprint density at radius 1 is 1.04 bits per heavy atom. The molecule has 0 unspecified atom stereocenters. The van der Waals surface area contributed by atoms with Gasteiger partial charge in [-0.15, -0.1) is 0 Å². The molecule has 4 rings (SSSR count). The lowest BCUT2D eigenvalue weighted by Crippen LogP contribution is -2.43. The molecule has 4 nitrogen and oxygen atoms in total. The van der Waals surface area contributed by atoms with Gasteiger partial charge in [-0.1, -0.05) is 30.3 Å². The second kappa shape index (κ2) is 7.12. The summed E-state index contributed by atoms with van der Waals surface area (Å²) < 4.78 is 5.44. The number of ether oxygens (including phenoxy) is 1. The first kappa shape index (κ1) is 16.5. The van der Waals surface area contributed by atoms with Crippen molar-refractivity contribution in [2.24, 2.45) is 11.8 Å². The summed E-state index contributed by atoms with van der Waals surface area (Å²) in [6.07, 6.45) is 3.33. The number of fused-ring (bicyclic) bond motifs is 1. The van der Waals surface area contributed by atoms with Crippen LogP contribution in [0.4, 0.5) is 0 Å². The third-order valence-electron chi connectivity index (χ3n) is 6.37. The maximum atomic E-state index is 11.5. The van der Waals surface area contributed by atoms with Crippen LogP contribution in [0.1, 0.15) is 24.8 Å². The van der Waals surface area contributed by atoms with E-state index in [2.05, 4.69) is 34.1 Å². The summed E-state index contributed by atoms with van der Waals surface area (Å²) in [4.78, 5) is 5.10. The van der Waals surface area contributed by atoms with E-state index in [9.17, 15) is 5.11 Å². The second-order valence-electron chi connectivity index (χ2n) is 7.76. The Labute approximate surface area is 145 Å². The van der Waals surface area contributed by atoms with Crippen LogP contribution in [-0.2, 0) is 10.3 Å². The Balaban J connectivity index is 1.41. The first-order chi connectivity index (χ1) is 11.8. The molecule has 1 aromatic rings. The molecule has 0 bridgehead atoms. The van der Waals surface area contributed by atoms with Gasteiger partial charge in [-0.2, -0.15) is 0 Å². The van der Waals surface area contributed by atoms with E-state index < -0.39 is 5.60 Å². The van der Waals surface area contributed by atoms with Crippen LogP contribution in [0.5, 0.6) is 0 Å². The summed E-state index contributed by atoms with van der Waals surface area (Å²) in [6, 6.07) is 10.4. The maximum absolute atomic E-state index is 11.5. The van der Waals surface area contributed by atoms with Gasteiger partial charge in [0.15, 0.2) is 0 Å². The third kappa shape index (κ3) is 3.25. The average molecular weight is 330 g/mol. The van der Waals surface area contributed by atoms with Gasteiger partial charge in [-0.25, -0.2) is 0 Å². The molecule has 0 aromatic heterocycles. The van der Waals surface area contributed by atoms with Gasteiger partial charge < -0.3 is 14.7 Å². The normalized spacial score (nSPS) is 35.0. The summed E-state index contributed by atoms with van der Waals surface area (Å²) in [5.41, 5.74) is 0.493. The van der Waals surface area contributed by atoms with Crippen LogP contribution in [0.25, 0.3) is 0 Å². The van der Waals surface area contributed by atoms with E-state index in [1.165, 1.54) is 6.42 Å². The number of likely N-dealkylation sites (tertiary alicyclic amines) is 1. The molecule has 2 saturated heterocycles. The van der Waals surface area contributed by atoms with Crippen molar-refractivity contribution in [2.75, 3.05) is 52.5 Å². The lowest BCUT2D eigenvalue weighted by atomic mass is 9.67. The molecule has 2 heterocycles. The molecule has 4 heteroatoms. The Morgan fingerprint density at radius 2 is 1.79 bits per heavy atom. The van der Waals surface area contributed by atoms with Crippen LogP contribution in [-0.4, -0.2) is 67.4 Å². The summed E-state index contributed by atoms with van der Waals surface area (Å²) in [5, 5.41) is 11.5. The molecule has 1 aromatic carbocycles. The van der Waals surface area contributed by atoms with Crippen LogP contribution in [0, 0.1) is 11.8 Å². The summed E-state index contributed by atoms with van der Waals surface area (Å²) in [6.45, 7) is 8.33. The van der Waals surface area contributed by atoms with E-state index in [4.69, 9.17) is 4.74 Å². The van der Waals surface area contributed by atoms with E-state index in [1.807, 2.05) is 6.07 Å². The Morgan fingerprint density at radius 3 is 2.58 bits per heavy atom. The summed E-state index contributed by atoms with van der Waals surface area (Å²) >= 11 is 0. The highest BCUT2D eigenvalue weighted by Crippen LogP contribution is 2.48. The zero-order valence-electron chi connectivity index (χ0n) is 14.6. The third-order valence-corrected chi connectivity index (χ3v) is 6.37. The van der Waals surface area contributed by atoms with E-state index in [1.54, 1.807) is 0 Å². The van der Waals surface area contributed by atoms with Crippen LogP contribution in [0.3, 0.4) is 0 Å². The van der Waals surface area contributed by atoms with E-state index in [0.717, 1.165) is 70.9 Å². The number of morpholine rings is 1. The second-order valence-corrected chi connectivity index (χ2v) is 7.76. The predicted octanol–water partition coefficient (Wildman–Crippen LogP) is 1.94. The Bertz CT molecular complexity index is 532. The van der Waals surface area contributed by atoms with E-state index in [-0.39, 0.29) is 0 Å². The molecular formula is C20H30N2O2. The van der Waals surface area contributed by atoms with Gasteiger partial charge in [0, 0.05) is 45.2 Å². The molecular weight excluding hydrogens is 300 g/mol. The first-order valence-electron chi connectivity index (χ1n) is 9.56. The van der Waals surface area contributed by atoms with Crippen molar-refractivity contribution in [3.05, 3.63) is 35.9 Å². The summed E-state index contributed by atoms with van der Waals surface area (Å²) in [5.74, 6) is 1.03. The number of hydrogen-bond donors (Lipinski definition) is 1. The molecule has 24 heavy (non-hydrogen) atoms. The number of aliphatic hydroxyl groups is 1. The highest BCUT2D eigenvalue weighted by molar-refractivity contribution is 5.25. The van der Waals surface area contributed by atoms with Crippen molar-refractivity contribution < 1.29 is 9.84 Å². The fraction of sp³-hybridized carbons (Fsp3) is 0.700. The van der Waals surface area contributed by atoms with Gasteiger partial charge in [0.1, 0.15) is 0 Å². The van der Waals surface area contributed by atoms with E-state index in [0.29, 0.717) is 11.8 Å². The highest BCUT2D eigenvalue weighted by atomic mass is 16.5. The fourth-order valence-corrected chi connectivity index (χ4v) is 4.99. The standard InChI is InChI=1S/C20H30N2O2/c23-20(18-6-2-1-3-7-18)8-4-5-17-15-22(16-19(17)20)10-9-21-11-13-24-14-12-21/h1-3,6-7,17,19,23H,4-5,8-16H2/t17-,19+,20+/m0/s1. The number of benzene rings is 1. The topological polar surface area (TPSA) is 35.9 Å². The smallest absolute Gasteiger partial charge is 0.0939 e. The quantitative estimate of drug-likeness (QED) is 0.915. The molecule has 0 radical (unpaired) electrons. The highest BCUT2D eigenvalue weighted by Gasteiger charge is 2.49. The van der Waals surface area contributed by atoms with Crippen molar-refractivity contribution in [3.8, 4) is 0 Å². The minimum absolute atomic E-state index is 0.387. The SMILES string of the molecule is O[C@@]1(c2ccccc2)CCC[C@H]2CN(CCN3CCOCC3)C[C@H]21. The molecule has 1 N–H and O–H groups in total. The zero-order valence-corrected chi connectivity index (χ0v) is 14.6. The van der Waals surface area contributed by atoms with Crippen molar-refractivity contribution in [1.29, 1.82) is 0 Å². The predicted molar refractivity (Wildman–Crippen MR) is 94.9 cm³/mol. The van der Waals surface area contributed by atoms with Crippen molar-refractivity contribution in [1.82, 2.24) is 9.80 Å². The fourth-order valence-electron chi connectivity index (χ4n) is 4.99. The molecule has 0 amide bonds. The van der Waals surface area contributed by atoms with Crippen molar-refractivity contribution >= 4 is 0 Å². The van der Waals surface area contributed by atoms with Gasteiger partial charge in [0.2, 0.25) is 0 Å². The van der Waals surface area contributed by atoms with Gasteiger partial charge in [0.05, 0.1) is 18.8 Å². The van der Waals surface area contributed by atoms with Crippen LogP contribution in [0.2, 0.25) is 0 Å². The minimum atomic E-state index is -0.627. The Hall–Kier alpha value is -0.940. The molecule has 2 aliphatic heterocycles. The van der Waals surface area contributed by atoms with Gasteiger partial charge >= 0.3 is 0 Å². The van der Waals surface area contributed by atoms with Gasteiger partial charge in [0.25, 0.3) is 0 Å². The molecule has 1 saturated carbocycles. The zero-order chi connectivity index (χ0) is 16.4. The molecule has 0 spiro atoms. The molecule has 3 aliphatic rings. The van der Waals surface area contributed by atoms with Crippen molar-refractivity contribution in [2.45, 2.75) is 24.9 Å². The number of nitrogens with zero attached hydrogens (tertiary/aromatic N) is 2. The average Bonchev–Trinajstić information content (AvgIpc) is 3.07. The monoisotopic (exact) mass is 330 g/mol. The number of hydrogen-bond acceptors (Lipinski definition) is 4. The lowest BCUT2D eigenvalue weighted by molar-refractivity contribution is -0.0648. The Kier molecular flexibility index (Phi) is 4.90. The van der Waals surface area contributed by atoms with E-state index >= 15 is 0 Å². The van der Waals surface area contributed by atoms with Gasteiger partial charge in [-0.05, 0) is 30.7 Å².